The Bertz CT molecular complexity index is 1740. The number of hydrogen-bond donors (Lipinski definition) is 1. The summed E-state index contributed by atoms with van der Waals surface area (Å²) in [7, 11) is 0. The van der Waals surface area contributed by atoms with E-state index < -0.39 is 16.4 Å². The second kappa shape index (κ2) is 8.40. The number of hydrogen-bond acceptors (Lipinski definition) is 7. The smallest absolute Gasteiger partial charge is 0.312 e. The van der Waals surface area contributed by atoms with Gasteiger partial charge in [-0.2, -0.15) is 0 Å². The van der Waals surface area contributed by atoms with Crippen molar-refractivity contribution in [3.8, 4) is 5.75 Å². The van der Waals surface area contributed by atoms with E-state index in [2.05, 4.69) is 28.1 Å². The number of halogens is 1. The fraction of sp³-hybridized carbons (Fsp3) is 0.120. The van der Waals surface area contributed by atoms with Gasteiger partial charge in [0.2, 0.25) is 5.75 Å². The molecule has 0 fully saturated rings. The molecule has 0 unspecified atom stereocenters. The second-order valence-electron chi connectivity index (χ2n) is 8.25. The molecule has 4 aromatic rings. The third-order valence-corrected chi connectivity index (χ3v) is 8.62. The molecule has 1 aliphatic heterocycles. The quantitative estimate of drug-likeness (QED) is 0.286. The zero-order valence-corrected chi connectivity index (χ0v) is 21.2. The Hall–Kier alpha value is -3.34. The van der Waals surface area contributed by atoms with Crippen molar-refractivity contribution < 1.29 is 10.0 Å². The maximum Gasteiger partial charge on any atom is 0.312 e. The number of benzene rings is 2. The van der Waals surface area contributed by atoms with Gasteiger partial charge in [-0.1, -0.05) is 57.6 Å². The zero-order valence-electron chi connectivity index (χ0n) is 18.0. The Balaban J connectivity index is 1.62. The van der Waals surface area contributed by atoms with E-state index in [1.54, 1.807) is 22.0 Å². The van der Waals surface area contributed by atoms with Gasteiger partial charge in [0, 0.05) is 26.5 Å². The van der Waals surface area contributed by atoms with Gasteiger partial charge in [-0.15, -0.1) is 11.3 Å². The van der Waals surface area contributed by atoms with Gasteiger partial charge >= 0.3 is 5.69 Å². The molecular weight excluding hydrogens is 550 g/mol. The molecule has 10 heteroatoms. The Kier molecular flexibility index (Phi) is 5.32. The van der Waals surface area contributed by atoms with Gasteiger partial charge in [-0.05, 0) is 47.6 Å². The minimum atomic E-state index is -0.651. The van der Waals surface area contributed by atoms with Crippen LogP contribution in [0.1, 0.15) is 34.0 Å². The van der Waals surface area contributed by atoms with Crippen molar-refractivity contribution >= 4 is 56.1 Å². The first-order chi connectivity index (χ1) is 16.9. The number of rotatable bonds is 3. The van der Waals surface area contributed by atoms with Crippen molar-refractivity contribution in [3.05, 3.63) is 115 Å². The molecule has 0 saturated carbocycles. The van der Waals surface area contributed by atoms with Crippen LogP contribution in [0.3, 0.4) is 0 Å². The van der Waals surface area contributed by atoms with Crippen LogP contribution < -0.4 is 14.9 Å². The summed E-state index contributed by atoms with van der Waals surface area (Å²) in [5.41, 5.74) is 3.89. The number of aromatic hydroxyl groups is 1. The molecule has 0 saturated heterocycles. The number of thiophene rings is 1. The standard InChI is InChI=1S/C25H16BrN3O4S2/c26-15-10-14(23(30)18(12-15)29(32)33)11-20-24(31)28-22(19-6-3-9-34-19)17-8-7-13-4-1-2-5-16(13)21(17)27-25(28)35-20/h1-6,9-12,22,30H,7-8H2/b20-11+/t22-/m0/s1. The highest BCUT2D eigenvalue weighted by Gasteiger charge is 2.33. The fourth-order valence-electron chi connectivity index (χ4n) is 4.71. The van der Waals surface area contributed by atoms with Gasteiger partial charge in [-0.3, -0.25) is 19.5 Å². The minimum absolute atomic E-state index is 0.193. The van der Waals surface area contributed by atoms with E-state index in [4.69, 9.17) is 4.99 Å². The van der Waals surface area contributed by atoms with Crippen LogP contribution in [0, 0.1) is 10.1 Å². The summed E-state index contributed by atoms with van der Waals surface area (Å²) in [6.45, 7) is 0. The Morgan fingerprint density at radius 1 is 1.20 bits per heavy atom. The Morgan fingerprint density at radius 3 is 2.80 bits per heavy atom. The fourth-order valence-corrected chi connectivity index (χ4v) is 7.02. The molecule has 3 heterocycles. The van der Waals surface area contributed by atoms with Crippen LogP contribution in [0.4, 0.5) is 5.69 Å². The maximum absolute atomic E-state index is 13.7. The van der Waals surface area contributed by atoms with Gasteiger partial charge in [0.05, 0.1) is 21.2 Å². The number of aryl methyl sites for hydroxylation is 1. The number of thiazole rings is 1. The summed E-state index contributed by atoms with van der Waals surface area (Å²) >= 11 is 6.08. The first-order valence-corrected chi connectivity index (χ1v) is 13.2. The number of fused-ring (bicyclic) bond motifs is 3. The summed E-state index contributed by atoms with van der Waals surface area (Å²) in [5.74, 6) is -0.480. The first kappa shape index (κ1) is 22.1. The molecule has 2 aromatic heterocycles. The van der Waals surface area contributed by atoms with Crippen LogP contribution in [0.2, 0.25) is 0 Å². The lowest BCUT2D eigenvalue weighted by atomic mass is 9.85. The lowest BCUT2D eigenvalue weighted by molar-refractivity contribution is -0.385. The predicted molar refractivity (Wildman–Crippen MR) is 140 cm³/mol. The van der Waals surface area contributed by atoms with Gasteiger partial charge in [0.25, 0.3) is 5.56 Å². The number of nitrogens with zero attached hydrogens (tertiary/aromatic N) is 3. The normalized spacial score (nSPS) is 16.9. The van der Waals surface area contributed by atoms with Crippen molar-refractivity contribution in [2.24, 2.45) is 4.99 Å². The number of phenolic OH excluding ortho intramolecular Hbond substituents is 1. The lowest BCUT2D eigenvalue weighted by Crippen LogP contribution is -2.38. The van der Waals surface area contributed by atoms with E-state index in [0.29, 0.717) is 13.8 Å². The van der Waals surface area contributed by atoms with Crippen LogP contribution in [-0.2, 0) is 6.42 Å². The highest BCUT2D eigenvalue weighted by Crippen LogP contribution is 2.42. The third-order valence-electron chi connectivity index (χ3n) is 6.25. The molecule has 0 amide bonds. The van der Waals surface area contributed by atoms with Crippen LogP contribution in [0.5, 0.6) is 5.75 Å². The van der Waals surface area contributed by atoms with Crippen LogP contribution in [-0.4, -0.2) is 14.6 Å². The molecule has 0 spiro atoms. The number of allylic oxidation sites excluding steroid dienone is 1. The summed E-state index contributed by atoms with van der Waals surface area (Å²) < 4.78 is 2.50. The topological polar surface area (TPSA) is 97.7 Å². The second-order valence-corrected chi connectivity index (χ2v) is 11.2. The van der Waals surface area contributed by atoms with E-state index in [0.717, 1.165) is 34.6 Å². The maximum atomic E-state index is 13.7. The van der Waals surface area contributed by atoms with Crippen LogP contribution in [0.15, 0.2) is 73.7 Å². The average Bonchev–Trinajstić information content (AvgIpc) is 3.48. The van der Waals surface area contributed by atoms with E-state index in [9.17, 15) is 20.0 Å². The number of nitro groups is 1. The molecule has 6 rings (SSSR count). The third kappa shape index (κ3) is 3.60. The molecule has 2 aromatic carbocycles. The largest absolute Gasteiger partial charge is 0.502 e. The van der Waals surface area contributed by atoms with Crippen LogP contribution in [0.25, 0.3) is 11.8 Å². The first-order valence-electron chi connectivity index (χ1n) is 10.8. The Morgan fingerprint density at radius 2 is 2.03 bits per heavy atom. The zero-order chi connectivity index (χ0) is 24.3. The van der Waals surface area contributed by atoms with Gasteiger partial charge < -0.3 is 5.11 Å². The van der Waals surface area contributed by atoms with Crippen molar-refractivity contribution in [2.45, 2.75) is 18.9 Å². The summed E-state index contributed by atoms with van der Waals surface area (Å²) in [6.07, 6.45) is 3.19. The number of nitro benzene ring substituents is 1. The summed E-state index contributed by atoms with van der Waals surface area (Å²) in [6, 6.07) is 14.8. The van der Waals surface area contributed by atoms with E-state index in [1.165, 1.54) is 29.0 Å². The van der Waals surface area contributed by atoms with E-state index in [-0.39, 0.29) is 17.2 Å². The molecule has 7 nitrogen and oxygen atoms in total. The number of aromatic nitrogens is 1. The molecule has 35 heavy (non-hydrogen) atoms. The molecule has 1 aliphatic carbocycles. The number of phenols is 1. The van der Waals surface area contributed by atoms with E-state index in [1.807, 2.05) is 29.6 Å². The molecule has 2 aliphatic rings. The highest BCUT2D eigenvalue weighted by molar-refractivity contribution is 9.10. The molecule has 1 atom stereocenters. The van der Waals surface area contributed by atoms with Crippen molar-refractivity contribution in [1.82, 2.24) is 4.57 Å². The predicted octanol–water partition coefficient (Wildman–Crippen LogP) is 4.76. The monoisotopic (exact) mass is 565 g/mol. The van der Waals surface area contributed by atoms with E-state index >= 15 is 0 Å². The minimum Gasteiger partial charge on any atom is -0.502 e. The van der Waals surface area contributed by atoms with Crippen molar-refractivity contribution in [3.63, 3.8) is 0 Å². The SMILES string of the molecule is O=c1/c(=C\c2cc(Br)cc([N+](=O)[O-])c2O)sc2n1[C@H](c1cccs1)C1=C(N=2)c2ccccc2CC1. The van der Waals surface area contributed by atoms with Gasteiger partial charge in [0.15, 0.2) is 4.80 Å². The Labute approximate surface area is 214 Å². The average molecular weight is 566 g/mol. The van der Waals surface area contributed by atoms with Crippen LogP contribution >= 0.6 is 38.6 Å². The molecule has 0 radical (unpaired) electrons. The van der Waals surface area contributed by atoms with Crippen molar-refractivity contribution in [2.75, 3.05) is 0 Å². The highest BCUT2D eigenvalue weighted by atomic mass is 79.9. The molecule has 174 valence electrons. The van der Waals surface area contributed by atoms with Gasteiger partial charge in [0.1, 0.15) is 0 Å². The summed E-state index contributed by atoms with van der Waals surface area (Å²) in [4.78, 5) is 31.0. The summed E-state index contributed by atoms with van der Waals surface area (Å²) in [5, 5.41) is 23.8. The molecule has 0 bridgehead atoms. The van der Waals surface area contributed by atoms with Crippen molar-refractivity contribution in [1.29, 1.82) is 0 Å². The molecule has 1 N–H and O–H groups in total. The lowest BCUT2D eigenvalue weighted by Gasteiger charge is -2.30. The van der Waals surface area contributed by atoms with Gasteiger partial charge in [-0.25, -0.2) is 4.99 Å². The molecular formula is C25H16BrN3O4S2.